The first-order chi connectivity index (χ1) is 8.38. The summed E-state index contributed by atoms with van der Waals surface area (Å²) in [6.45, 7) is 11.4. The van der Waals surface area contributed by atoms with Crippen molar-refractivity contribution in [3.05, 3.63) is 30.1 Å². The molecule has 2 heterocycles. The Hall–Kier alpha value is -0.930. The van der Waals surface area contributed by atoms with Crippen molar-refractivity contribution in [2.45, 2.75) is 40.2 Å². The van der Waals surface area contributed by atoms with Crippen LogP contribution in [0.1, 0.15) is 45.7 Å². The van der Waals surface area contributed by atoms with Gasteiger partial charge in [0.2, 0.25) is 0 Å². The molecule has 1 aliphatic rings. The molecule has 3 nitrogen and oxygen atoms in total. The predicted octanol–water partition coefficient (Wildman–Crippen LogP) is 2.76. The van der Waals surface area contributed by atoms with E-state index in [2.05, 4.69) is 41.6 Å². The maximum atomic E-state index is 3.99. The summed E-state index contributed by atoms with van der Waals surface area (Å²) in [6.07, 6.45) is 4.93. The van der Waals surface area contributed by atoms with Crippen molar-refractivity contribution in [2.75, 3.05) is 19.6 Å². The van der Waals surface area contributed by atoms with E-state index in [1.54, 1.807) is 0 Å². The average Bonchev–Trinajstić information content (AvgIpc) is 2.44. The second-order valence-corrected chi connectivity index (χ2v) is 3.70. The van der Waals surface area contributed by atoms with Crippen LogP contribution in [0.4, 0.5) is 0 Å². The molecule has 1 atom stereocenters. The van der Waals surface area contributed by atoms with Crippen molar-refractivity contribution in [2.24, 2.45) is 0 Å². The minimum atomic E-state index is 0.460. The van der Waals surface area contributed by atoms with Crippen molar-refractivity contribution < 1.29 is 0 Å². The molecule has 1 aromatic heterocycles. The zero-order valence-electron chi connectivity index (χ0n) is 11.7. The van der Waals surface area contributed by atoms with Crippen molar-refractivity contribution in [1.82, 2.24) is 15.6 Å². The first-order valence-electron chi connectivity index (χ1n) is 6.72. The molecule has 0 saturated carbocycles. The third kappa shape index (κ3) is 7.08. The normalized spacial score (nSPS) is 18.2. The Morgan fingerprint density at radius 1 is 1.18 bits per heavy atom. The zero-order chi connectivity index (χ0) is 12.9. The van der Waals surface area contributed by atoms with Crippen LogP contribution in [-0.2, 0) is 0 Å². The van der Waals surface area contributed by atoms with Crippen LogP contribution in [0.2, 0.25) is 0 Å². The van der Waals surface area contributed by atoms with E-state index in [1.807, 2.05) is 26.2 Å². The van der Waals surface area contributed by atoms with Gasteiger partial charge in [0.1, 0.15) is 0 Å². The highest BCUT2D eigenvalue weighted by molar-refractivity contribution is 5.15. The van der Waals surface area contributed by atoms with E-state index in [-0.39, 0.29) is 0 Å². The van der Waals surface area contributed by atoms with Crippen LogP contribution < -0.4 is 10.6 Å². The highest BCUT2D eigenvalue weighted by atomic mass is 15.1. The van der Waals surface area contributed by atoms with Crippen LogP contribution >= 0.6 is 0 Å². The van der Waals surface area contributed by atoms with Crippen LogP contribution in [0.5, 0.6) is 0 Å². The molecule has 2 rings (SSSR count). The van der Waals surface area contributed by atoms with Crippen LogP contribution in [0.3, 0.4) is 0 Å². The lowest BCUT2D eigenvalue weighted by molar-refractivity contribution is 0.430. The van der Waals surface area contributed by atoms with E-state index in [9.17, 15) is 0 Å². The molecule has 2 N–H and O–H groups in total. The van der Waals surface area contributed by atoms with Gasteiger partial charge in [-0.1, -0.05) is 34.1 Å². The number of nitrogens with one attached hydrogen (secondary N) is 2. The first kappa shape index (κ1) is 16.1. The maximum Gasteiger partial charge on any atom is 0.0448 e. The second kappa shape index (κ2) is 11.6. The molecule has 0 aliphatic carbocycles. The fraction of sp³-hybridized carbons (Fsp3) is 0.643. The molecule has 0 aromatic carbocycles. The fourth-order valence-electron chi connectivity index (χ4n) is 1.48. The largest absolute Gasteiger partial charge is 0.314 e. The molecule has 3 heteroatoms. The lowest BCUT2D eigenvalue weighted by atomic mass is 10.1. The highest BCUT2D eigenvalue weighted by Gasteiger charge is 2.12. The van der Waals surface area contributed by atoms with E-state index < -0.39 is 0 Å². The van der Waals surface area contributed by atoms with E-state index >= 15 is 0 Å². The first-order valence-corrected chi connectivity index (χ1v) is 6.72. The Balaban J connectivity index is 0.000000450. The van der Waals surface area contributed by atoms with Gasteiger partial charge in [-0.2, -0.15) is 0 Å². The van der Waals surface area contributed by atoms with Gasteiger partial charge in [-0.05, 0) is 17.7 Å². The number of hydrogen-bond donors (Lipinski definition) is 2. The quantitative estimate of drug-likeness (QED) is 0.788. The van der Waals surface area contributed by atoms with E-state index in [1.165, 1.54) is 12.0 Å². The summed E-state index contributed by atoms with van der Waals surface area (Å²) in [5.74, 6) is 0. The average molecular weight is 237 g/mol. The molecular formula is C14H27N3. The Kier molecular flexibility index (Phi) is 10.9. The molecule has 1 aromatic rings. The number of aromatic nitrogens is 1. The number of rotatable bonds is 1. The van der Waals surface area contributed by atoms with Crippen LogP contribution in [-0.4, -0.2) is 24.6 Å². The van der Waals surface area contributed by atoms with Gasteiger partial charge in [0.25, 0.3) is 0 Å². The number of nitrogens with zero attached hydrogens (tertiary/aromatic N) is 1. The molecule has 1 saturated heterocycles. The molecule has 1 unspecified atom stereocenters. The molecule has 0 bridgehead atoms. The van der Waals surface area contributed by atoms with Crippen molar-refractivity contribution >= 4 is 0 Å². The third-order valence-corrected chi connectivity index (χ3v) is 2.15. The Labute approximate surface area is 106 Å². The SMILES string of the molecule is CC.CCC.c1cc(C2CNCCN2)ccn1. The number of pyridine rings is 1. The van der Waals surface area contributed by atoms with Crippen LogP contribution in [0, 0.1) is 0 Å². The predicted molar refractivity (Wildman–Crippen MR) is 75.2 cm³/mol. The third-order valence-electron chi connectivity index (χ3n) is 2.15. The summed E-state index contributed by atoms with van der Waals surface area (Å²) >= 11 is 0. The van der Waals surface area contributed by atoms with Gasteiger partial charge in [-0.15, -0.1) is 0 Å². The minimum absolute atomic E-state index is 0.460. The number of piperazine rings is 1. The summed E-state index contributed by atoms with van der Waals surface area (Å²) in [5, 5.41) is 6.80. The molecule has 17 heavy (non-hydrogen) atoms. The summed E-state index contributed by atoms with van der Waals surface area (Å²) in [7, 11) is 0. The summed E-state index contributed by atoms with van der Waals surface area (Å²) in [4.78, 5) is 3.99. The van der Waals surface area contributed by atoms with Gasteiger partial charge >= 0.3 is 0 Å². The monoisotopic (exact) mass is 237 g/mol. The zero-order valence-corrected chi connectivity index (χ0v) is 11.7. The standard InChI is InChI=1S/C9H13N3.C3H8.C2H6/c1-3-10-4-2-8(1)9-7-11-5-6-12-9;1-3-2;1-2/h1-4,9,11-12H,5-7H2;3H2,1-2H3;1-2H3. The van der Waals surface area contributed by atoms with Gasteiger partial charge in [0.15, 0.2) is 0 Å². The Morgan fingerprint density at radius 2 is 1.76 bits per heavy atom. The summed E-state index contributed by atoms with van der Waals surface area (Å²) in [6, 6.07) is 4.58. The van der Waals surface area contributed by atoms with Gasteiger partial charge in [-0.25, -0.2) is 0 Å². The Morgan fingerprint density at radius 3 is 2.24 bits per heavy atom. The minimum Gasteiger partial charge on any atom is -0.314 e. The van der Waals surface area contributed by atoms with Gasteiger partial charge in [0.05, 0.1) is 0 Å². The van der Waals surface area contributed by atoms with Gasteiger partial charge < -0.3 is 10.6 Å². The highest BCUT2D eigenvalue weighted by Crippen LogP contribution is 2.11. The van der Waals surface area contributed by atoms with Crippen molar-refractivity contribution in [1.29, 1.82) is 0 Å². The second-order valence-electron chi connectivity index (χ2n) is 3.70. The molecule has 98 valence electrons. The molecule has 0 radical (unpaired) electrons. The topological polar surface area (TPSA) is 37.0 Å². The molecule has 1 aliphatic heterocycles. The Bertz CT molecular complexity index is 243. The van der Waals surface area contributed by atoms with Crippen LogP contribution in [0.15, 0.2) is 24.5 Å². The smallest absolute Gasteiger partial charge is 0.0448 e. The molecule has 1 fully saturated rings. The maximum absolute atomic E-state index is 3.99. The van der Waals surface area contributed by atoms with Gasteiger partial charge in [0, 0.05) is 38.1 Å². The summed E-state index contributed by atoms with van der Waals surface area (Å²) in [5.41, 5.74) is 1.32. The number of hydrogen-bond acceptors (Lipinski definition) is 3. The van der Waals surface area contributed by atoms with E-state index in [0.29, 0.717) is 6.04 Å². The van der Waals surface area contributed by atoms with Crippen LogP contribution in [0.25, 0.3) is 0 Å². The molecular weight excluding hydrogens is 210 g/mol. The van der Waals surface area contributed by atoms with E-state index in [4.69, 9.17) is 0 Å². The lowest BCUT2D eigenvalue weighted by Crippen LogP contribution is -2.42. The van der Waals surface area contributed by atoms with Crippen molar-refractivity contribution in [3.63, 3.8) is 0 Å². The molecule has 0 spiro atoms. The van der Waals surface area contributed by atoms with Crippen molar-refractivity contribution in [3.8, 4) is 0 Å². The fourth-order valence-corrected chi connectivity index (χ4v) is 1.48. The summed E-state index contributed by atoms with van der Waals surface area (Å²) < 4.78 is 0. The molecule has 0 amide bonds. The van der Waals surface area contributed by atoms with Gasteiger partial charge in [-0.3, -0.25) is 4.98 Å². The van der Waals surface area contributed by atoms with E-state index in [0.717, 1.165) is 19.6 Å². The lowest BCUT2D eigenvalue weighted by Gasteiger charge is -2.24.